The summed E-state index contributed by atoms with van der Waals surface area (Å²) in [6.07, 6.45) is 8.25. The van der Waals surface area contributed by atoms with Crippen LogP contribution in [0.3, 0.4) is 0 Å². The molecule has 0 aliphatic carbocycles. The Labute approximate surface area is 83.4 Å². The van der Waals surface area contributed by atoms with Gasteiger partial charge in [0.25, 0.3) is 0 Å². The zero-order valence-corrected chi connectivity index (χ0v) is 8.23. The number of rotatable bonds is 5. The van der Waals surface area contributed by atoms with Gasteiger partial charge in [0.2, 0.25) is 0 Å². The van der Waals surface area contributed by atoms with E-state index in [0.29, 0.717) is 19.4 Å². The van der Waals surface area contributed by atoms with Crippen molar-refractivity contribution in [2.75, 3.05) is 6.61 Å². The third kappa shape index (κ3) is 3.94. The number of esters is 1. The van der Waals surface area contributed by atoms with E-state index in [1.54, 1.807) is 19.5 Å². The van der Waals surface area contributed by atoms with Crippen molar-refractivity contribution in [1.82, 2.24) is 0 Å². The van der Waals surface area contributed by atoms with Gasteiger partial charge in [-0.2, -0.15) is 0 Å². The number of carbonyl (C=O) groups excluding carboxylic acids is 1. The van der Waals surface area contributed by atoms with Crippen molar-refractivity contribution >= 4 is 12.0 Å². The van der Waals surface area contributed by atoms with E-state index in [2.05, 4.69) is 0 Å². The van der Waals surface area contributed by atoms with Crippen molar-refractivity contribution in [2.45, 2.75) is 19.8 Å². The Hall–Kier alpha value is -1.51. The first-order chi connectivity index (χ1) is 6.83. The van der Waals surface area contributed by atoms with Crippen LogP contribution in [0.4, 0.5) is 0 Å². The van der Waals surface area contributed by atoms with Crippen LogP contribution in [-0.2, 0) is 9.53 Å². The van der Waals surface area contributed by atoms with E-state index >= 15 is 0 Å². The minimum absolute atomic E-state index is 0.149. The van der Waals surface area contributed by atoms with Crippen LogP contribution >= 0.6 is 0 Å². The predicted molar refractivity (Wildman–Crippen MR) is 53.6 cm³/mol. The molecule has 3 heteroatoms. The molecule has 0 N–H and O–H groups in total. The van der Waals surface area contributed by atoms with Gasteiger partial charge in [-0.3, -0.25) is 4.79 Å². The van der Waals surface area contributed by atoms with Gasteiger partial charge in [0.15, 0.2) is 0 Å². The largest absolute Gasteiger partial charge is 0.472 e. The van der Waals surface area contributed by atoms with E-state index in [0.717, 1.165) is 5.56 Å². The van der Waals surface area contributed by atoms with E-state index in [1.807, 2.05) is 18.2 Å². The second-order valence-electron chi connectivity index (χ2n) is 2.80. The highest BCUT2D eigenvalue weighted by molar-refractivity contribution is 5.69. The van der Waals surface area contributed by atoms with E-state index < -0.39 is 0 Å². The fraction of sp³-hybridized carbons (Fsp3) is 0.364. The second-order valence-corrected chi connectivity index (χ2v) is 2.80. The Morgan fingerprint density at radius 3 is 3.14 bits per heavy atom. The quantitative estimate of drug-likeness (QED) is 0.676. The fourth-order valence-corrected chi connectivity index (χ4v) is 1.02. The monoisotopic (exact) mass is 194 g/mol. The Morgan fingerprint density at radius 1 is 1.64 bits per heavy atom. The average Bonchev–Trinajstić information content (AvgIpc) is 2.65. The van der Waals surface area contributed by atoms with E-state index in [4.69, 9.17) is 9.15 Å². The van der Waals surface area contributed by atoms with Crippen molar-refractivity contribution in [3.63, 3.8) is 0 Å². The molecule has 0 fully saturated rings. The molecule has 0 aliphatic rings. The lowest BCUT2D eigenvalue weighted by atomic mass is 10.2. The molecule has 1 aromatic heterocycles. The van der Waals surface area contributed by atoms with Crippen LogP contribution in [0.15, 0.2) is 29.1 Å². The van der Waals surface area contributed by atoms with Crippen LogP contribution < -0.4 is 0 Å². The Morgan fingerprint density at radius 2 is 2.50 bits per heavy atom. The first-order valence-corrected chi connectivity index (χ1v) is 4.67. The predicted octanol–water partition coefficient (Wildman–Crippen LogP) is 2.64. The minimum atomic E-state index is -0.149. The average molecular weight is 194 g/mol. The molecule has 0 amide bonds. The van der Waals surface area contributed by atoms with E-state index in [9.17, 15) is 4.79 Å². The zero-order valence-electron chi connectivity index (χ0n) is 8.23. The molecule has 0 radical (unpaired) electrons. The highest BCUT2D eigenvalue weighted by Crippen LogP contribution is 2.04. The maximum absolute atomic E-state index is 10.9. The molecule has 0 aliphatic heterocycles. The number of furan rings is 1. The third-order valence-corrected chi connectivity index (χ3v) is 1.67. The molecule has 0 saturated heterocycles. The lowest BCUT2D eigenvalue weighted by Gasteiger charge is -1.97. The summed E-state index contributed by atoms with van der Waals surface area (Å²) < 4.78 is 9.68. The van der Waals surface area contributed by atoms with Gasteiger partial charge in [-0.15, -0.1) is 0 Å². The summed E-state index contributed by atoms with van der Waals surface area (Å²) in [5.41, 5.74) is 1.01. The molecular weight excluding hydrogens is 180 g/mol. The van der Waals surface area contributed by atoms with Crippen LogP contribution in [0.25, 0.3) is 6.08 Å². The molecule has 1 aromatic rings. The molecule has 0 unspecified atom stereocenters. The minimum Gasteiger partial charge on any atom is -0.472 e. The molecule has 0 aromatic carbocycles. The number of hydrogen-bond acceptors (Lipinski definition) is 3. The molecule has 1 heterocycles. The Balaban J connectivity index is 2.18. The summed E-state index contributed by atoms with van der Waals surface area (Å²) >= 11 is 0. The molecule has 14 heavy (non-hydrogen) atoms. The van der Waals surface area contributed by atoms with Crippen molar-refractivity contribution in [3.8, 4) is 0 Å². The highest BCUT2D eigenvalue weighted by Gasteiger charge is 1.97. The smallest absolute Gasteiger partial charge is 0.306 e. The molecule has 3 nitrogen and oxygen atoms in total. The molecule has 0 saturated carbocycles. The van der Waals surface area contributed by atoms with E-state index in [-0.39, 0.29) is 5.97 Å². The summed E-state index contributed by atoms with van der Waals surface area (Å²) in [5, 5.41) is 0. The van der Waals surface area contributed by atoms with Crippen LogP contribution in [-0.4, -0.2) is 12.6 Å². The van der Waals surface area contributed by atoms with Gasteiger partial charge < -0.3 is 9.15 Å². The first-order valence-electron chi connectivity index (χ1n) is 4.67. The van der Waals surface area contributed by atoms with Crippen LogP contribution in [0.2, 0.25) is 0 Å². The summed E-state index contributed by atoms with van der Waals surface area (Å²) in [5.74, 6) is -0.149. The van der Waals surface area contributed by atoms with E-state index in [1.165, 1.54) is 0 Å². The SMILES string of the molecule is CCOC(=O)CCC=Cc1ccoc1. The standard InChI is InChI=1S/C11H14O3/c1-2-14-11(12)6-4-3-5-10-7-8-13-9-10/h3,5,7-9H,2,4,6H2,1H3. The van der Waals surface area contributed by atoms with Gasteiger partial charge in [0.05, 0.1) is 19.1 Å². The maximum Gasteiger partial charge on any atom is 0.306 e. The van der Waals surface area contributed by atoms with Gasteiger partial charge >= 0.3 is 5.97 Å². The van der Waals surface area contributed by atoms with Gasteiger partial charge in [0, 0.05) is 12.0 Å². The summed E-state index contributed by atoms with van der Waals surface area (Å²) in [7, 11) is 0. The summed E-state index contributed by atoms with van der Waals surface area (Å²) in [4.78, 5) is 10.9. The maximum atomic E-state index is 10.9. The lowest BCUT2D eigenvalue weighted by molar-refractivity contribution is -0.142. The van der Waals surface area contributed by atoms with Gasteiger partial charge in [-0.05, 0) is 19.4 Å². The number of carbonyl (C=O) groups is 1. The van der Waals surface area contributed by atoms with Crippen molar-refractivity contribution < 1.29 is 13.9 Å². The number of allylic oxidation sites excluding steroid dienone is 1. The number of ether oxygens (including phenoxy) is 1. The summed E-state index contributed by atoms with van der Waals surface area (Å²) in [6, 6.07) is 1.86. The molecule has 0 spiro atoms. The molecule has 0 atom stereocenters. The second kappa shape index (κ2) is 6.02. The van der Waals surface area contributed by atoms with Crippen LogP contribution in [0, 0.1) is 0 Å². The normalized spacial score (nSPS) is 10.6. The van der Waals surface area contributed by atoms with Crippen molar-refractivity contribution in [1.29, 1.82) is 0 Å². The fourth-order valence-electron chi connectivity index (χ4n) is 1.02. The van der Waals surface area contributed by atoms with Crippen LogP contribution in [0.5, 0.6) is 0 Å². The highest BCUT2D eigenvalue weighted by atomic mass is 16.5. The van der Waals surface area contributed by atoms with Gasteiger partial charge in [-0.25, -0.2) is 0 Å². The molecule has 1 rings (SSSR count). The summed E-state index contributed by atoms with van der Waals surface area (Å²) in [6.45, 7) is 2.25. The van der Waals surface area contributed by atoms with Crippen LogP contribution in [0.1, 0.15) is 25.3 Å². The topological polar surface area (TPSA) is 39.4 Å². The molecule has 0 bridgehead atoms. The Kier molecular flexibility index (Phi) is 4.55. The van der Waals surface area contributed by atoms with Gasteiger partial charge in [-0.1, -0.05) is 12.2 Å². The first kappa shape index (κ1) is 10.6. The zero-order chi connectivity index (χ0) is 10.2. The third-order valence-electron chi connectivity index (χ3n) is 1.67. The van der Waals surface area contributed by atoms with Crippen molar-refractivity contribution in [3.05, 3.63) is 30.2 Å². The van der Waals surface area contributed by atoms with Gasteiger partial charge in [0.1, 0.15) is 0 Å². The Bertz CT molecular complexity index is 285. The lowest BCUT2D eigenvalue weighted by Crippen LogP contribution is -2.02. The molecule has 76 valence electrons. The molecular formula is C11H14O3. The van der Waals surface area contributed by atoms with Crippen molar-refractivity contribution in [2.24, 2.45) is 0 Å². The number of hydrogen-bond donors (Lipinski definition) is 0.